The molecule has 0 unspecified atom stereocenters. The molecule has 0 fully saturated rings. The van der Waals surface area contributed by atoms with E-state index in [1.54, 1.807) is 22.7 Å². The van der Waals surface area contributed by atoms with Gasteiger partial charge in [0.1, 0.15) is 0 Å². The van der Waals surface area contributed by atoms with E-state index >= 15 is 0 Å². The molecule has 0 spiro atoms. The van der Waals surface area contributed by atoms with Crippen LogP contribution < -0.4 is 0 Å². The van der Waals surface area contributed by atoms with E-state index in [1.807, 2.05) is 42.6 Å². The lowest BCUT2D eigenvalue weighted by Gasteiger charge is -2.01. The molecule has 0 atom stereocenters. The Morgan fingerprint density at radius 1 is 1.12 bits per heavy atom. The van der Waals surface area contributed by atoms with Crippen molar-refractivity contribution in [3.8, 4) is 0 Å². The van der Waals surface area contributed by atoms with E-state index in [1.165, 1.54) is 5.56 Å². The van der Waals surface area contributed by atoms with E-state index < -0.39 is 0 Å². The van der Waals surface area contributed by atoms with Gasteiger partial charge in [0.2, 0.25) is 9.93 Å². The molecule has 0 saturated heterocycles. The van der Waals surface area contributed by atoms with Crippen LogP contribution in [0.1, 0.15) is 11.1 Å². The third-order valence-corrected chi connectivity index (χ3v) is 5.03. The molecule has 2 N–H and O–H groups in total. The van der Waals surface area contributed by atoms with E-state index in [4.69, 9.17) is 12.2 Å². The van der Waals surface area contributed by atoms with Gasteiger partial charge >= 0.3 is 0 Å². The Labute approximate surface area is 153 Å². The number of nitrogens with zero attached hydrogens (tertiary/aromatic N) is 3. The first kappa shape index (κ1) is 15.9. The van der Waals surface area contributed by atoms with Crippen LogP contribution >= 0.6 is 24.0 Å². The highest BCUT2D eigenvalue weighted by atomic mass is 32.2. The Kier molecular flexibility index (Phi) is 4.49. The fourth-order valence-corrected chi connectivity index (χ4v) is 3.61. The van der Waals surface area contributed by atoms with Gasteiger partial charge in [-0.1, -0.05) is 60.3 Å². The van der Waals surface area contributed by atoms with E-state index in [9.17, 15) is 0 Å². The van der Waals surface area contributed by atoms with Gasteiger partial charge in [0.25, 0.3) is 0 Å². The SMILES string of the molecule is S=c1[nH]nc(SCc2ccccc2)n1/N=C/c1c[nH]c2ccccc12. The average molecular weight is 365 g/mol. The normalized spacial score (nSPS) is 11.5. The largest absolute Gasteiger partial charge is 0.361 e. The maximum atomic E-state index is 5.30. The van der Waals surface area contributed by atoms with Crippen molar-refractivity contribution < 1.29 is 0 Å². The highest BCUT2D eigenvalue weighted by Gasteiger charge is 2.07. The van der Waals surface area contributed by atoms with Crippen molar-refractivity contribution in [1.29, 1.82) is 0 Å². The van der Waals surface area contributed by atoms with Crippen molar-refractivity contribution in [1.82, 2.24) is 19.9 Å². The Hall–Kier alpha value is -2.64. The van der Waals surface area contributed by atoms with E-state index in [-0.39, 0.29) is 0 Å². The molecule has 0 saturated carbocycles. The summed E-state index contributed by atoms with van der Waals surface area (Å²) < 4.78 is 2.14. The zero-order chi connectivity index (χ0) is 17.1. The smallest absolute Gasteiger partial charge is 0.217 e. The molecule has 4 rings (SSSR count). The maximum Gasteiger partial charge on any atom is 0.217 e. The van der Waals surface area contributed by atoms with Gasteiger partial charge in [-0.05, 0) is 23.8 Å². The molecular weight excluding hydrogens is 350 g/mol. The zero-order valence-electron chi connectivity index (χ0n) is 13.2. The maximum absolute atomic E-state index is 5.30. The number of nitrogens with one attached hydrogen (secondary N) is 2. The summed E-state index contributed by atoms with van der Waals surface area (Å²) in [5, 5.41) is 13.5. The van der Waals surface area contributed by atoms with Gasteiger partial charge in [0.05, 0.1) is 6.21 Å². The second-order valence-corrected chi connectivity index (χ2v) is 6.76. The predicted octanol–water partition coefficient (Wildman–Crippen LogP) is 4.60. The first-order chi connectivity index (χ1) is 12.3. The summed E-state index contributed by atoms with van der Waals surface area (Å²) in [5.41, 5.74) is 3.32. The molecule has 0 aliphatic carbocycles. The van der Waals surface area contributed by atoms with Crippen molar-refractivity contribution in [2.45, 2.75) is 10.9 Å². The molecule has 2 aromatic carbocycles. The third-order valence-electron chi connectivity index (χ3n) is 3.77. The second-order valence-electron chi connectivity index (χ2n) is 5.43. The summed E-state index contributed by atoms with van der Waals surface area (Å²) in [5.74, 6) is 0.809. The lowest BCUT2D eigenvalue weighted by molar-refractivity contribution is 0.759. The molecule has 7 heteroatoms. The van der Waals surface area contributed by atoms with E-state index in [0.717, 1.165) is 27.4 Å². The van der Waals surface area contributed by atoms with Gasteiger partial charge in [-0.2, -0.15) is 9.78 Å². The number of benzene rings is 2. The monoisotopic (exact) mass is 365 g/mol. The molecule has 4 aromatic rings. The molecule has 0 bridgehead atoms. The summed E-state index contributed by atoms with van der Waals surface area (Å²) in [6.45, 7) is 0. The van der Waals surface area contributed by atoms with Crippen LogP contribution in [0.4, 0.5) is 0 Å². The Bertz CT molecular complexity index is 1080. The number of rotatable bonds is 5. The summed E-state index contributed by atoms with van der Waals surface area (Å²) in [6.07, 6.45) is 3.74. The molecule has 5 nitrogen and oxygen atoms in total. The van der Waals surface area contributed by atoms with Crippen LogP contribution in [-0.4, -0.2) is 26.1 Å². The average Bonchev–Trinajstić information content (AvgIpc) is 3.22. The van der Waals surface area contributed by atoms with Crippen LogP contribution in [0.2, 0.25) is 0 Å². The molecule has 2 heterocycles. The van der Waals surface area contributed by atoms with E-state index in [0.29, 0.717) is 4.77 Å². The Morgan fingerprint density at radius 2 is 1.92 bits per heavy atom. The van der Waals surface area contributed by atoms with Gasteiger partial charge in [-0.15, -0.1) is 5.10 Å². The number of aromatic amines is 2. The number of aromatic nitrogens is 4. The summed E-state index contributed by atoms with van der Waals surface area (Å²) in [7, 11) is 0. The quantitative estimate of drug-likeness (QED) is 0.309. The van der Waals surface area contributed by atoms with Gasteiger partial charge < -0.3 is 4.98 Å². The van der Waals surface area contributed by atoms with Crippen molar-refractivity contribution in [3.63, 3.8) is 0 Å². The third kappa shape index (κ3) is 3.42. The van der Waals surface area contributed by atoms with Crippen molar-refractivity contribution >= 4 is 41.1 Å². The predicted molar refractivity (Wildman–Crippen MR) is 105 cm³/mol. The minimum absolute atomic E-state index is 0.478. The molecule has 25 heavy (non-hydrogen) atoms. The van der Waals surface area contributed by atoms with Crippen molar-refractivity contribution in [2.24, 2.45) is 5.10 Å². The molecule has 124 valence electrons. The Morgan fingerprint density at radius 3 is 2.80 bits per heavy atom. The van der Waals surface area contributed by atoms with Crippen LogP contribution in [-0.2, 0) is 5.75 Å². The van der Waals surface area contributed by atoms with Crippen molar-refractivity contribution in [3.05, 3.63) is 76.7 Å². The number of hydrogen-bond acceptors (Lipinski definition) is 4. The molecule has 2 aromatic heterocycles. The highest BCUT2D eigenvalue weighted by Crippen LogP contribution is 2.21. The van der Waals surface area contributed by atoms with Gasteiger partial charge in [-0.3, -0.25) is 0 Å². The Balaban J connectivity index is 1.58. The molecule has 0 amide bonds. The van der Waals surface area contributed by atoms with Gasteiger partial charge in [-0.25, -0.2) is 5.10 Å². The first-order valence-corrected chi connectivity index (χ1v) is 9.15. The summed E-state index contributed by atoms with van der Waals surface area (Å²) in [4.78, 5) is 3.24. The molecule has 0 aliphatic rings. The van der Waals surface area contributed by atoms with E-state index in [2.05, 4.69) is 38.5 Å². The first-order valence-electron chi connectivity index (χ1n) is 7.76. The fourth-order valence-electron chi connectivity index (χ4n) is 2.52. The van der Waals surface area contributed by atoms with Gasteiger partial charge in [0, 0.05) is 28.4 Å². The second kappa shape index (κ2) is 7.08. The summed E-state index contributed by atoms with van der Waals surface area (Å²) in [6, 6.07) is 18.4. The number of hydrogen-bond donors (Lipinski definition) is 2. The summed E-state index contributed by atoms with van der Waals surface area (Å²) >= 11 is 6.90. The van der Waals surface area contributed by atoms with Crippen LogP contribution in [0.25, 0.3) is 10.9 Å². The molecule has 0 aliphatic heterocycles. The van der Waals surface area contributed by atoms with Crippen LogP contribution in [0, 0.1) is 4.77 Å². The number of para-hydroxylation sites is 1. The fraction of sp³-hybridized carbons (Fsp3) is 0.0556. The molecular formula is C18H15N5S2. The lowest BCUT2D eigenvalue weighted by atomic mass is 10.2. The molecule has 0 radical (unpaired) electrons. The number of H-pyrrole nitrogens is 2. The van der Waals surface area contributed by atoms with Crippen LogP contribution in [0.5, 0.6) is 0 Å². The van der Waals surface area contributed by atoms with Gasteiger partial charge in [0.15, 0.2) is 0 Å². The minimum Gasteiger partial charge on any atom is -0.361 e. The van der Waals surface area contributed by atoms with Crippen LogP contribution in [0.15, 0.2) is 71.1 Å². The zero-order valence-corrected chi connectivity index (χ0v) is 14.8. The van der Waals surface area contributed by atoms with Crippen LogP contribution in [0.3, 0.4) is 0 Å². The topological polar surface area (TPSA) is 61.8 Å². The highest BCUT2D eigenvalue weighted by molar-refractivity contribution is 7.98. The minimum atomic E-state index is 0.478. The standard InChI is InChI=1S/C18H15N5S2/c24-17-21-22-18(25-12-13-6-2-1-3-7-13)23(17)20-11-14-10-19-16-9-5-4-8-15(14)16/h1-11,19H,12H2,(H,21,24)/b20-11+. The lowest BCUT2D eigenvalue weighted by Crippen LogP contribution is -1.94. The number of thioether (sulfide) groups is 1. The number of fused-ring (bicyclic) bond motifs is 1. The van der Waals surface area contributed by atoms with Crippen molar-refractivity contribution in [2.75, 3.05) is 0 Å².